The second kappa shape index (κ2) is 7.16. The Balaban J connectivity index is 2.34. The van der Waals surface area contributed by atoms with E-state index in [2.05, 4.69) is 40.2 Å². The van der Waals surface area contributed by atoms with E-state index in [0.717, 1.165) is 21.5 Å². The smallest absolute Gasteiger partial charge is 0.132 e. The zero-order valence-corrected chi connectivity index (χ0v) is 14.0. The summed E-state index contributed by atoms with van der Waals surface area (Å²) in [5.41, 5.74) is 7.20. The molecule has 0 amide bonds. The Morgan fingerprint density at radius 1 is 1.20 bits per heavy atom. The summed E-state index contributed by atoms with van der Waals surface area (Å²) in [5, 5.41) is 0. The largest absolute Gasteiger partial charge is 0.496 e. The average Bonchev–Trinajstić information content (AvgIpc) is 2.42. The first-order chi connectivity index (χ1) is 9.60. The van der Waals surface area contributed by atoms with Crippen LogP contribution in [-0.2, 0) is 6.42 Å². The Bertz CT molecular complexity index is 586. The summed E-state index contributed by atoms with van der Waals surface area (Å²) in [7, 11) is 1.70. The first-order valence-corrected chi connectivity index (χ1v) is 8.06. The summed E-state index contributed by atoms with van der Waals surface area (Å²) >= 11 is 5.25. The van der Waals surface area contributed by atoms with Gasteiger partial charge in [0.2, 0.25) is 0 Å². The van der Waals surface area contributed by atoms with Gasteiger partial charge in [-0.3, -0.25) is 0 Å². The minimum atomic E-state index is 0.146. The molecule has 1 atom stereocenters. The van der Waals surface area contributed by atoms with E-state index in [0.29, 0.717) is 0 Å². The molecule has 0 saturated heterocycles. The highest BCUT2D eigenvalue weighted by Crippen LogP contribution is 2.37. The third-order valence-electron chi connectivity index (χ3n) is 2.86. The second-order valence-electron chi connectivity index (χ2n) is 4.69. The van der Waals surface area contributed by atoms with E-state index >= 15 is 0 Å². The van der Waals surface area contributed by atoms with Crippen molar-refractivity contribution in [1.82, 2.24) is 0 Å². The summed E-state index contributed by atoms with van der Waals surface area (Å²) in [6, 6.07) is 14.5. The van der Waals surface area contributed by atoms with Gasteiger partial charge in [0, 0.05) is 15.4 Å². The molecule has 106 valence electrons. The number of hydrogen-bond acceptors (Lipinski definition) is 3. The van der Waals surface area contributed by atoms with Crippen molar-refractivity contribution >= 4 is 27.7 Å². The van der Waals surface area contributed by atoms with E-state index in [1.165, 1.54) is 10.5 Å². The molecule has 2 aromatic rings. The van der Waals surface area contributed by atoms with Gasteiger partial charge in [0.1, 0.15) is 5.75 Å². The first-order valence-electron chi connectivity index (χ1n) is 6.45. The van der Waals surface area contributed by atoms with Crippen LogP contribution in [0.5, 0.6) is 5.75 Å². The Hall–Kier alpha value is -0.970. The monoisotopic (exact) mass is 351 g/mol. The molecule has 0 heterocycles. The van der Waals surface area contributed by atoms with E-state index in [-0.39, 0.29) is 6.04 Å². The third-order valence-corrected chi connectivity index (χ3v) is 4.51. The van der Waals surface area contributed by atoms with Gasteiger partial charge in [-0.2, -0.15) is 0 Å². The predicted octanol–water partition coefficient (Wildman–Crippen LogP) is 4.50. The summed E-state index contributed by atoms with van der Waals surface area (Å²) in [6.45, 7) is 2.03. The van der Waals surface area contributed by atoms with Crippen molar-refractivity contribution in [3.63, 3.8) is 0 Å². The summed E-state index contributed by atoms with van der Waals surface area (Å²) < 4.78 is 6.48. The van der Waals surface area contributed by atoms with Crippen LogP contribution in [0.25, 0.3) is 0 Å². The van der Waals surface area contributed by atoms with Crippen molar-refractivity contribution in [2.45, 2.75) is 29.2 Å². The van der Waals surface area contributed by atoms with Crippen molar-refractivity contribution in [3.8, 4) is 5.75 Å². The quantitative estimate of drug-likeness (QED) is 0.861. The first kappa shape index (κ1) is 15.4. The lowest BCUT2D eigenvalue weighted by atomic mass is 10.1. The van der Waals surface area contributed by atoms with Crippen molar-refractivity contribution in [2.75, 3.05) is 7.11 Å². The Morgan fingerprint density at radius 2 is 1.95 bits per heavy atom. The van der Waals surface area contributed by atoms with Crippen LogP contribution in [0.1, 0.15) is 12.5 Å². The van der Waals surface area contributed by atoms with Gasteiger partial charge in [0.15, 0.2) is 0 Å². The zero-order valence-electron chi connectivity index (χ0n) is 11.6. The van der Waals surface area contributed by atoms with Gasteiger partial charge >= 0.3 is 0 Å². The predicted molar refractivity (Wildman–Crippen MR) is 88.6 cm³/mol. The average molecular weight is 352 g/mol. The molecular weight excluding hydrogens is 334 g/mol. The van der Waals surface area contributed by atoms with Gasteiger partial charge in [0.05, 0.1) is 12.0 Å². The number of methoxy groups -OCH3 is 1. The summed E-state index contributed by atoms with van der Waals surface area (Å²) in [5.74, 6) is 0.893. The minimum Gasteiger partial charge on any atom is -0.496 e. The summed E-state index contributed by atoms with van der Waals surface area (Å²) in [4.78, 5) is 2.32. The number of rotatable bonds is 5. The zero-order chi connectivity index (χ0) is 14.5. The fourth-order valence-electron chi connectivity index (χ4n) is 1.96. The lowest BCUT2D eigenvalue weighted by molar-refractivity contribution is 0.405. The van der Waals surface area contributed by atoms with Crippen LogP contribution in [0.2, 0.25) is 0 Å². The highest BCUT2D eigenvalue weighted by Gasteiger charge is 2.10. The standard InChI is InChI=1S/C16H18BrNOS/c1-11(18)9-12-7-8-13(17)10-16(12)20-15-6-4-3-5-14(15)19-2/h3-8,10-11H,9,18H2,1-2H3. The fraction of sp³-hybridized carbons (Fsp3) is 0.250. The molecule has 0 spiro atoms. The van der Waals surface area contributed by atoms with Crippen LogP contribution in [0, 0.1) is 0 Å². The van der Waals surface area contributed by atoms with Crippen LogP contribution >= 0.6 is 27.7 Å². The highest BCUT2D eigenvalue weighted by molar-refractivity contribution is 9.10. The van der Waals surface area contributed by atoms with Gasteiger partial charge in [-0.25, -0.2) is 0 Å². The van der Waals surface area contributed by atoms with Crippen molar-refractivity contribution in [1.29, 1.82) is 0 Å². The van der Waals surface area contributed by atoms with Crippen molar-refractivity contribution in [2.24, 2.45) is 5.73 Å². The molecule has 2 N–H and O–H groups in total. The van der Waals surface area contributed by atoms with E-state index in [1.54, 1.807) is 18.9 Å². The Labute approximate surface area is 132 Å². The minimum absolute atomic E-state index is 0.146. The molecule has 20 heavy (non-hydrogen) atoms. The maximum atomic E-state index is 5.94. The van der Waals surface area contributed by atoms with Gasteiger partial charge in [0.25, 0.3) is 0 Å². The lowest BCUT2D eigenvalue weighted by Gasteiger charge is -2.13. The summed E-state index contributed by atoms with van der Waals surface area (Å²) in [6.07, 6.45) is 0.866. The van der Waals surface area contributed by atoms with Crippen LogP contribution in [0.4, 0.5) is 0 Å². The molecule has 0 saturated carbocycles. The van der Waals surface area contributed by atoms with E-state index in [4.69, 9.17) is 10.5 Å². The van der Waals surface area contributed by atoms with Crippen LogP contribution in [0.3, 0.4) is 0 Å². The normalized spacial score (nSPS) is 12.2. The van der Waals surface area contributed by atoms with Crippen LogP contribution < -0.4 is 10.5 Å². The van der Waals surface area contributed by atoms with Gasteiger partial charge < -0.3 is 10.5 Å². The maximum Gasteiger partial charge on any atom is 0.132 e. The molecule has 1 unspecified atom stereocenters. The van der Waals surface area contributed by atoms with Gasteiger partial charge in [-0.1, -0.05) is 45.9 Å². The Morgan fingerprint density at radius 3 is 2.65 bits per heavy atom. The van der Waals surface area contributed by atoms with E-state index in [9.17, 15) is 0 Å². The number of benzene rings is 2. The van der Waals surface area contributed by atoms with Crippen LogP contribution in [-0.4, -0.2) is 13.2 Å². The molecule has 0 fully saturated rings. The Kier molecular flexibility index (Phi) is 5.52. The SMILES string of the molecule is COc1ccccc1Sc1cc(Br)ccc1CC(C)N. The number of ether oxygens (including phenoxy) is 1. The molecule has 0 aliphatic carbocycles. The van der Waals surface area contributed by atoms with E-state index < -0.39 is 0 Å². The number of para-hydroxylation sites is 1. The van der Waals surface area contributed by atoms with E-state index in [1.807, 2.05) is 25.1 Å². The molecule has 0 bridgehead atoms. The lowest BCUT2D eigenvalue weighted by Crippen LogP contribution is -2.18. The molecular formula is C16H18BrNOS. The maximum absolute atomic E-state index is 5.94. The molecule has 0 aromatic heterocycles. The molecule has 0 aliphatic heterocycles. The number of nitrogens with two attached hydrogens (primary N) is 1. The van der Waals surface area contributed by atoms with Gasteiger partial charge in [-0.15, -0.1) is 0 Å². The topological polar surface area (TPSA) is 35.2 Å². The van der Waals surface area contributed by atoms with Gasteiger partial charge in [-0.05, 0) is 43.2 Å². The number of hydrogen-bond donors (Lipinski definition) is 1. The molecule has 0 aliphatic rings. The highest BCUT2D eigenvalue weighted by atomic mass is 79.9. The van der Waals surface area contributed by atoms with Crippen molar-refractivity contribution < 1.29 is 4.74 Å². The molecule has 2 nitrogen and oxygen atoms in total. The second-order valence-corrected chi connectivity index (χ2v) is 6.69. The van der Waals surface area contributed by atoms with Crippen molar-refractivity contribution in [3.05, 3.63) is 52.5 Å². The molecule has 2 rings (SSSR count). The van der Waals surface area contributed by atoms with Crippen LogP contribution in [0.15, 0.2) is 56.7 Å². The molecule has 2 aromatic carbocycles. The molecule has 4 heteroatoms. The fourth-order valence-corrected chi connectivity index (χ4v) is 3.58. The molecule has 0 radical (unpaired) electrons. The third kappa shape index (κ3) is 4.01. The number of halogens is 1.